The van der Waals surface area contributed by atoms with Gasteiger partial charge in [0.2, 0.25) is 5.91 Å². The maximum atomic E-state index is 11.8. The highest BCUT2D eigenvalue weighted by Crippen LogP contribution is 2.22. The monoisotopic (exact) mass is 254 g/mol. The van der Waals surface area contributed by atoms with E-state index in [-0.39, 0.29) is 12.5 Å². The third-order valence-electron chi connectivity index (χ3n) is 4.31. The van der Waals surface area contributed by atoms with E-state index in [1.54, 1.807) is 0 Å². The van der Waals surface area contributed by atoms with E-state index in [2.05, 4.69) is 10.2 Å². The van der Waals surface area contributed by atoms with E-state index in [1.807, 2.05) is 0 Å². The first kappa shape index (κ1) is 13.8. The van der Waals surface area contributed by atoms with Gasteiger partial charge in [0.25, 0.3) is 0 Å². The zero-order valence-electron chi connectivity index (χ0n) is 11.2. The molecule has 2 N–H and O–H groups in total. The molecule has 1 heterocycles. The van der Waals surface area contributed by atoms with Crippen molar-refractivity contribution in [1.82, 2.24) is 10.2 Å². The third kappa shape index (κ3) is 4.25. The molecule has 1 unspecified atom stereocenters. The van der Waals surface area contributed by atoms with E-state index in [0.717, 1.165) is 26.1 Å². The van der Waals surface area contributed by atoms with Crippen LogP contribution in [0.3, 0.4) is 0 Å². The van der Waals surface area contributed by atoms with Gasteiger partial charge in [-0.25, -0.2) is 0 Å². The summed E-state index contributed by atoms with van der Waals surface area (Å²) >= 11 is 0. The van der Waals surface area contributed by atoms with Crippen molar-refractivity contribution in [3.8, 4) is 0 Å². The minimum absolute atomic E-state index is 0.152. The van der Waals surface area contributed by atoms with Crippen LogP contribution < -0.4 is 5.32 Å². The number of hydrogen-bond donors (Lipinski definition) is 2. The van der Waals surface area contributed by atoms with Gasteiger partial charge in [0.1, 0.15) is 0 Å². The summed E-state index contributed by atoms with van der Waals surface area (Å²) in [5, 5.41) is 12.1. The number of carbonyl (C=O) groups is 1. The van der Waals surface area contributed by atoms with Crippen molar-refractivity contribution in [1.29, 1.82) is 0 Å². The fraction of sp³-hybridized carbons (Fsp3) is 0.929. The van der Waals surface area contributed by atoms with Crippen molar-refractivity contribution in [2.45, 2.75) is 38.5 Å². The number of amides is 1. The van der Waals surface area contributed by atoms with Gasteiger partial charge in [0.05, 0.1) is 6.54 Å². The van der Waals surface area contributed by atoms with Crippen LogP contribution in [0.25, 0.3) is 0 Å². The van der Waals surface area contributed by atoms with Gasteiger partial charge in [-0.1, -0.05) is 19.3 Å². The van der Waals surface area contributed by atoms with Gasteiger partial charge in [-0.05, 0) is 37.6 Å². The van der Waals surface area contributed by atoms with Crippen LogP contribution in [0, 0.1) is 11.8 Å². The number of nitrogens with one attached hydrogen (secondary N) is 1. The molecule has 2 rings (SSSR count). The molecule has 0 aromatic heterocycles. The Morgan fingerprint density at radius 1 is 1.17 bits per heavy atom. The van der Waals surface area contributed by atoms with E-state index in [0.29, 0.717) is 18.4 Å². The molecule has 2 fully saturated rings. The van der Waals surface area contributed by atoms with E-state index in [9.17, 15) is 4.79 Å². The number of hydrogen-bond acceptors (Lipinski definition) is 3. The van der Waals surface area contributed by atoms with E-state index in [4.69, 9.17) is 5.11 Å². The molecule has 0 aromatic rings. The average molecular weight is 254 g/mol. The molecule has 4 nitrogen and oxygen atoms in total. The van der Waals surface area contributed by atoms with Gasteiger partial charge >= 0.3 is 0 Å². The highest BCUT2D eigenvalue weighted by molar-refractivity contribution is 5.78. The molecule has 2 aliphatic rings. The molecule has 0 radical (unpaired) electrons. The van der Waals surface area contributed by atoms with E-state index >= 15 is 0 Å². The van der Waals surface area contributed by atoms with Gasteiger partial charge in [0.15, 0.2) is 0 Å². The zero-order valence-corrected chi connectivity index (χ0v) is 11.2. The van der Waals surface area contributed by atoms with Crippen LogP contribution in [0.5, 0.6) is 0 Å². The third-order valence-corrected chi connectivity index (χ3v) is 4.31. The van der Waals surface area contributed by atoms with Crippen molar-refractivity contribution < 1.29 is 9.90 Å². The maximum absolute atomic E-state index is 11.8. The fourth-order valence-corrected chi connectivity index (χ4v) is 3.11. The van der Waals surface area contributed by atoms with E-state index in [1.165, 1.54) is 32.1 Å². The summed E-state index contributed by atoms with van der Waals surface area (Å²) in [6.07, 6.45) is 7.58. The lowest BCUT2D eigenvalue weighted by atomic mass is 9.89. The summed E-state index contributed by atoms with van der Waals surface area (Å²) in [4.78, 5) is 14.0. The molecule has 1 saturated carbocycles. The predicted octanol–water partition coefficient (Wildman–Crippen LogP) is 0.997. The molecular formula is C14H26N2O2. The smallest absolute Gasteiger partial charge is 0.234 e. The average Bonchev–Trinajstić information content (AvgIpc) is 2.85. The first-order valence-electron chi connectivity index (χ1n) is 7.38. The molecule has 1 atom stereocenters. The molecule has 4 heteroatoms. The second-order valence-corrected chi connectivity index (χ2v) is 5.88. The summed E-state index contributed by atoms with van der Waals surface area (Å²) in [6, 6.07) is 0. The Hall–Kier alpha value is -0.610. The van der Waals surface area contributed by atoms with E-state index < -0.39 is 0 Å². The molecule has 1 amide bonds. The fourth-order valence-electron chi connectivity index (χ4n) is 3.11. The lowest BCUT2D eigenvalue weighted by Gasteiger charge is -2.22. The van der Waals surface area contributed by atoms with Gasteiger partial charge in [-0.15, -0.1) is 0 Å². The number of likely N-dealkylation sites (tertiary alicyclic amines) is 1. The number of nitrogens with zero attached hydrogens (tertiary/aromatic N) is 1. The summed E-state index contributed by atoms with van der Waals surface area (Å²) in [5.74, 6) is 1.22. The topological polar surface area (TPSA) is 52.6 Å². The molecule has 1 saturated heterocycles. The number of rotatable bonds is 5. The second kappa shape index (κ2) is 7.10. The van der Waals surface area contributed by atoms with Crippen molar-refractivity contribution in [2.24, 2.45) is 11.8 Å². The standard InChI is InChI=1S/C14H26N2O2/c17-11-13-6-7-16(9-13)10-14(18)15-8-12-4-2-1-3-5-12/h12-13,17H,1-11H2,(H,15,18). The first-order valence-corrected chi connectivity index (χ1v) is 7.38. The Balaban J connectivity index is 1.60. The Kier molecular flexibility index (Phi) is 5.45. The van der Waals surface area contributed by atoms with Crippen LogP contribution in [0.4, 0.5) is 0 Å². The Labute approximate surface area is 110 Å². The minimum atomic E-state index is 0.152. The SMILES string of the molecule is O=C(CN1CCC(CO)C1)NCC1CCCCC1. The Morgan fingerprint density at radius 3 is 2.61 bits per heavy atom. The Morgan fingerprint density at radius 2 is 1.94 bits per heavy atom. The van der Waals surface area contributed by atoms with Gasteiger partial charge in [-0.3, -0.25) is 9.69 Å². The van der Waals surface area contributed by atoms with Crippen molar-refractivity contribution >= 4 is 5.91 Å². The molecule has 1 aliphatic heterocycles. The highest BCUT2D eigenvalue weighted by Gasteiger charge is 2.23. The maximum Gasteiger partial charge on any atom is 0.234 e. The molecule has 1 aliphatic carbocycles. The summed E-state index contributed by atoms with van der Waals surface area (Å²) < 4.78 is 0. The van der Waals surface area contributed by atoms with Crippen molar-refractivity contribution in [3.05, 3.63) is 0 Å². The lowest BCUT2D eigenvalue weighted by Crippen LogP contribution is -2.38. The Bertz CT molecular complexity index is 265. The summed E-state index contributed by atoms with van der Waals surface area (Å²) in [5.41, 5.74) is 0. The molecule has 0 spiro atoms. The molecule has 0 bridgehead atoms. The number of aliphatic hydroxyl groups excluding tert-OH is 1. The largest absolute Gasteiger partial charge is 0.396 e. The van der Waals surface area contributed by atoms with Gasteiger partial charge in [0, 0.05) is 19.7 Å². The zero-order chi connectivity index (χ0) is 12.8. The summed E-state index contributed by atoms with van der Waals surface area (Å²) in [7, 11) is 0. The van der Waals surface area contributed by atoms with Crippen LogP contribution in [-0.2, 0) is 4.79 Å². The van der Waals surface area contributed by atoms with Crippen LogP contribution in [0.2, 0.25) is 0 Å². The van der Waals surface area contributed by atoms with Gasteiger partial charge in [-0.2, -0.15) is 0 Å². The predicted molar refractivity (Wildman–Crippen MR) is 71.2 cm³/mol. The quantitative estimate of drug-likeness (QED) is 0.769. The highest BCUT2D eigenvalue weighted by atomic mass is 16.3. The summed E-state index contributed by atoms with van der Waals surface area (Å²) in [6.45, 7) is 3.43. The molecule has 18 heavy (non-hydrogen) atoms. The molecule has 104 valence electrons. The van der Waals surface area contributed by atoms with Crippen LogP contribution in [0.15, 0.2) is 0 Å². The van der Waals surface area contributed by atoms with Crippen molar-refractivity contribution in [3.63, 3.8) is 0 Å². The van der Waals surface area contributed by atoms with Crippen LogP contribution in [0.1, 0.15) is 38.5 Å². The van der Waals surface area contributed by atoms with Gasteiger partial charge < -0.3 is 10.4 Å². The number of aliphatic hydroxyl groups is 1. The second-order valence-electron chi connectivity index (χ2n) is 5.88. The normalized spacial score (nSPS) is 26.4. The number of carbonyl (C=O) groups excluding carboxylic acids is 1. The lowest BCUT2D eigenvalue weighted by molar-refractivity contribution is -0.122. The van der Waals surface area contributed by atoms with Crippen molar-refractivity contribution in [2.75, 3.05) is 32.8 Å². The first-order chi connectivity index (χ1) is 8.78. The minimum Gasteiger partial charge on any atom is -0.396 e. The van der Waals surface area contributed by atoms with Crippen LogP contribution in [-0.4, -0.2) is 48.7 Å². The van der Waals surface area contributed by atoms with Crippen LogP contribution >= 0.6 is 0 Å². The molecular weight excluding hydrogens is 228 g/mol. The molecule has 0 aromatic carbocycles.